The number of hydrogen-bond acceptors (Lipinski definition) is 3. The Morgan fingerprint density at radius 1 is 0.957 bits per heavy atom. The molecule has 0 aliphatic carbocycles. The molecule has 0 radical (unpaired) electrons. The van der Waals surface area contributed by atoms with Crippen molar-refractivity contribution in [3.05, 3.63) is 35.9 Å². The Morgan fingerprint density at radius 3 is 2.30 bits per heavy atom. The zero-order chi connectivity index (χ0) is 16.3. The highest BCUT2D eigenvalue weighted by Gasteiger charge is 2.39. The first-order chi connectivity index (χ1) is 11.3. The maximum Gasteiger partial charge on any atom is 0.338 e. The van der Waals surface area contributed by atoms with Crippen LogP contribution in [0.4, 0.5) is 0 Å². The maximum atomic E-state index is 11.8. The highest BCUT2D eigenvalue weighted by molar-refractivity contribution is 5.89. The topological polar surface area (TPSA) is 38.8 Å². The van der Waals surface area contributed by atoms with Gasteiger partial charge in [-0.05, 0) is 18.6 Å². The Bertz CT molecular complexity index is 443. The molecule has 2 atom stereocenters. The lowest BCUT2D eigenvalue weighted by Gasteiger charge is -2.02. The van der Waals surface area contributed by atoms with Crippen LogP contribution < -0.4 is 0 Å². The predicted octanol–water partition coefficient (Wildman–Crippen LogP) is 5.14. The van der Waals surface area contributed by atoms with Gasteiger partial charge in [-0.1, -0.05) is 76.5 Å². The molecule has 1 aromatic rings. The number of carbonyl (C=O) groups excluding carboxylic acids is 1. The Morgan fingerprint density at radius 2 is 1.61 bits per heavy atom. The van der Waals surface area contributed by atoms with Crippen molar-refractivity contribution < 1.29 is 14.3 Å². The molecule has 2 rings (SSSR count). The van der Waals surface area contributed by atoms with Gasteiger partial charge in [0, 0.05) is 0 Å². The van der Waals surface area contributed by atoms with Gasteiger partial charge in [-0.3, -0.25) is 0 Å². The molecule has 0 spiro atoms. The number of carbonyl (C=O) groups is 1. The van der Waals surface area contributed by atoms with Crippen LogP contribution in [0, 0.1) is 0 Å². The predicted molar refractivity (Wildman–Crippen MR) is 92.6 cm³/mol. The lowest BCUT2D eigenvalue weighted by atomic mass is 10.1. The fourth-order valence-corrected chi connectivity index (χ4v) is 2.87. The van der Waals surface area contributed by atoms with Gasteiger partial charge in [-0.25, -0.2) is 4.79 Å². The minimum absolute atomic E-state index is 0.118. The Kier molecular flexibility index (Phi) is 8.16. The molecular weight excluding hydrogens is 288 g/mol. The minimum atomic E-state index is -0.257. The van der Waals surface area contributed by atoms with Crippen LogP contribution in [0.1, 0.15) is 75.1 Å². The third kappa shape index (κ3) is 7.17. The number of ether oxygens (including phenoxy) is 2. The molecular formula is C20H30O3. The fourth-order valence-electron chi connectivity index (χ4n) is 2.87. The largest absolute Gasteiger partial charge is 0.459 e. The van der Waals surface area contributed by atoms with E-state index in [-0.39, 0.29) is 12.1 Å². The van der Waals surface area contributed by atoms with Gasteiger partial charge in [-0.15, -0.1) is 0 Å². The molecule has 3 nitrogen and oxygen atoms in total. The molecule has 0 saturated carbocycles. The quantitative estimate of drug-likeness (QED) is 0.304. The number of rotatable bonds is 12. The third-order valence-corrected chi connectivity index (χ3v) is 4.42. The van der Waals surface area contributed by atoms with Gasteiger partial charge in [0.05, 0.1) is 11.7 Å². The molecule has 0 unspecified atom stereocenters. The summed E-state index contributed by atoms with van der Waals surface area (Å²) in [7, 11) is 0. The number of unbranched alkanes of at least 4 members (excludes halogenated alkanes) is 7. The van der Waals surface area contributed by atoms with Gasteiger partial charge in [-0.2, -0.15) is 0 Å². The van der Waals surface area contributed by atoms with Crippen LogP contribution >= 0.6 is 0 Å². The normalized spacial score (nSPS) is 19.5. The molecule has 0 bridgehead atoms. The van der Waals surface area contributed by atoms with Gasteiger partial charge < -0.3 is 9.47 Å². The van der Waals surface area contributed by atoms with Crippen molar-refractivity contribution in [2.45, 2.75) is 76.9 Å². The molecule has 0 aromatic heterocycles. The van der Waals surface area contributed by atoms with Crippen molar-refractivity contribution in [2.24, 2.45) is 0 Å². The van der Waals surface area contributed by atoms with Gasteiger partial charge in [0.25, 0.3) is 0 Å². The first-order valence-electron chi connectivity index (χ1n) is 9.19. The number of esters is 1. The van der Waals surface area contributed by atoms with E-state index in [0.717, 1.165) is 6.42 Å². The second-order valence-corrected chi connectivity index (χ2v) is 6.44. The summed E-state index contributed by atoms with van der Waals surface area (Å²) >= 11 is 0. The van der Waals surface area contributed by atoms with E-state index in [1.165, 1.54) is 51.4 Å². The SMILES string of the molecule is CCCCCCCCCC[C@@H]1O[C@@H]1COC(=O)c1ccccc1. The van der Waals surface area contributed by atoms with Crippen LogP contribution in [0.25, 0.3) is 0 Å². The molecule has 0 N–H and O–H groups in total. The van der Waals surface area contributed by atoms with E-state index in [1.807, 2.05) is 18.2 Å². The summed E-state index contributed by atoms with van der Waals surface area (Å²) in [6, 6.07) is 9.12. The van der Waals surface area contributed by atoms with Crippen LogP contribution in [0.5, 0.6) is 0 Å². The van der Waals surface area contributed by atoms with E-state index in [4.69, 9.17) is 9.47 Å². The Balaban J connectivity index is 1.44. The average Bonchev–Trinajstić information content (AvgIpc) is 3.34. The Hall–Kier alpha value is -1.35. The van der Waals surface area contributed by atoms with Crippen molar-refractivity contribution in [1.29, 1.82) is 0 Å². The Labute approximate surface area is 140 Å². The zero-order valence-electron chi connectivity index (χ0n) is 14.3. The van der Waals surface area contributed by atoms with Crippen LogP contribution in [-0.4, -0.2) is 24.8 Å². The van der Waals surface area contributed by atoms with Crippen molar-refractivity contribution in [2.75, 3.05) is 6.61 Å². The standard InChI is InChI=1S/C20H30O3/c1-2-3-4-5-6-7-8-12-15-18-19(23-18)16-22-20(21)17-13-10-9-11-14-17/h9-11,13-14,18-19H,2-8,12,15-16H2,1H3/t18-,19+/m0/s1. The molecule has 128 valence electrons. The molecule has 1 aliphatic heterocycles. The van der Waals surface area contributed by atoms with Crippen molar-refractivity contribution in [1.82, 2.24) is 0 Å². The summed E-state index contributed by atoms with van der Waals surface area (Å²) in [4.78, 5) is 11.8. The molecule has 0 amide bonds. The number of benzene rings is 1. The smallest absolute Gasteiger partial charge is 0.338 e. The molecule has 1 heterocycles. The van der Waals surface area contributed by atoms with Crippen LogP contribution in [0.3, 0.4) is 0 Å². The molecule has 1 fully saturated rings. The highest BCUT2D eigenvalue weighted by atomic mass is 16.6. The van der Waals surface area contributed by atoms with Crippen molar-refractivity contribution >= 4 is 5.97 Å². The average molecular weight is 318 g/mol. The summed E-state index contributed by atoms with van der Waals surface area (Å²) in [5, 5.41) is 0. The summed E-state index contributed by atoms with van der Waals surface area (Å²) in [6.45, 7) is 2.64. The highest BCUT2D eigenvalue weighted by Crippen LogP contribution is 2.28. The summed E-state index contributed by atoms with van der Waals surface area (Å²) < 4.78 is 10.9. The van der Waals surface area contributed by atoms with Gasteiger partial charge >= 0.3 is 5.97 Å². The molecule has 1 saturated heterocycles. The summed E-state index contributed by atoms with van der Waals surface area (Å²) in [5.41, 5.74) is 0.604. The lowest BCUT2D eigenvalue weighted by Crippen LogP contribution is -2.11. The van der Waals surface area contributed by atoms with Gasteiger partial charge in [0.1, 0.15) is 12.7 Å². The second kappa shape index (κ2) is 10.4. The molecule has 1 aliphatic rings. The summed E-state index contributed by atoms with van der Waals surface area (Å²) in [5.74, 6) is -0.257. The lowest BCUT2D eigenvalue weighted by molar-refractivity contribution is 0.0476. The van der Waals surface area contributed by atoms with E-state index in [9.17, 15) is 4.79 Å². The van der Waals surface area contributed by atoms with E-state index in [2.05, 4.69) is 6.92 Å². The van der Waals surface area contributed by atoms with Gasteiger partial charge in [0.15, 0.2) is 0 Å². The monoisotopic (exact) mass is 318 g/mol. The van der Waals surface area contributed by atoms with E-state index >= 15 is 0 Å². The summed E-state index contributed by atoms with van der Waals surface area (Å²) in [6.07, 6.45) is 12.2. The fraction of sp³-hybridized carbons (Fsp3) is 0.650. The number of hydrogen-bond donors (Lipinski definition) is 0. The van der Waals surface area contributed by atoms with E-state index in [1.54, 1.807) is 12.1 Å². The van der Waals surface area contributed by atoms with E-state index in [0.29, 0.717) is 18.3 Å². The molecule has 3 heteroatoms. The minimum Gasteiger partial charge on any atom is -0.459 e. The van der Waals surface area contributed by atoms with Gasteiger partial charge in [0.2, 0.25) is 0 Å². The molecule has 1 aromatic carbocycles. The van der Waals surface area contributed by atoms with Crippen molar-refractivity contribution in [3.63, 3.8) is 0 Å². The zero-order valence-corrected chi connectivity index (χ0v) is 14.3. The van der Waals surface area contributed by atoms with Crippen LogP contribution in [0.15, 0.2) is 30.3 Å². The van der Waals surface area contributed by atoms with Crippen molar-refractivity contribution in [3.8, 4) is 0 Å². The first-order valence-corrected chi connectivity index (χ1v) is 9.19. The van der Waals surface area contributed by atoms with E-state index < -0.39 is 0 Å². The number of epoxide rings is 1. The van der Waals surface area contributed by atoms with Crippen LogP contribution in [-0.2, 0) is 9.47 Å². The maximum absolute atomic E-state index is 11.8. The van der Waals surface area contributed by atoms with Crippen LogP contribution in [0.2, 0.25) is 0 Å². The third-order valence-electron chi connectivity index (χ3n) is 4.42. The first kappa shape index (κ1) is 18.0. The second-order valence-electron chi connectivity index (χ2n) is 6.44. The molecule has 23 heavy (non-hydrogen) atoms.